The molecule has 1 amide bonds. The lowest BCUT2D eigenvalue weighted by molar-refractivity contribution is -0.105. The minimum atomic E-state index is -0.154. The molecule has 0 radical (unpaired) electrons. The second kappa shape index (κ2) is 13.2. The highest BCUT2D eigenvalue weighted by Gasteiger charge is 2.25. The first-order chi connectivity index (χ1) is 19.0. The number of hydrogen-bond donors (Lipinski definition) is 3. The van der Waals surface area contributed by atoms with E-state index >= 15 is 0 Å². The highest BCUT2D eigenvalue weighted by molar-refractivity contribution is 7.97. The number of amides is 1. The number of carbonyl (C=O) groups excluding carboxylic acids is 2. The van der Waals surface area contributed by atoms with E-state index in [-0.39, 0.29) is 11.8 Å². The molecule has 1 aliphatic rings. The predicted octanol–water partition coefficient (Wildman–Crippen LogP) is 4.71. The Morgan fingerprint density at radius 1 is 1.05 bits per heavy atom. The number of nitrogens with zero attached hydrogens (tertiary/aromatic N) is 1. The lowest BCUT2D eigenvalue weighted by Crippen LogP contribution is -2.27. The Morgan fingerprint density at radius 3 is 2.46 bits per heavy atom. The molecule has 204 valence electrons. The highest BCUT2D eigenvalue weighted by atomic mass is 32.2. The number of benzene rings is 3. The van der Waals surface area contributed by atoms with Crippen LogP contribution in [0.15, 0.2) is 77.3 Å². The van der Waals surface area contributed by atoms with Crippen LogP contribution in [0.5, 0.6) is 11.5 Å². The molecule has 0 fully saturated rings. The van der Waals surface area contributed by atoms with E-state index in [1.54, 1.807) is 14.2 Å². The van der Waals surface area contributed by atoms with Gasteiger partial charge in [-0.3, -0.25) is 14.7 Å². The Bertz CT molecular complexity index is 1340. The van der Waals surface area contributed by atoms with E-state index in [1.807, 2.05) is 67.8 Å². The van der Waals surface area contributed by atoms with Crippen LogP contribution >= 0.6 is 11.9 Å². The molecule has 1 atom stereocenters. The Morgan fingerprint density at radius 2 is 1.79 bits per heavy atom. The highest BCUT2D eigenvalue weighted by Crippen LogP contribution is 2.37. The van der Waals surface area contributed by atoms with Crippen molar-refractivity contribution >= 4 is 29.8 Å². The maximum absolute atomic E-state index is 12.7. The molecule has 0 spiro atoms. The minimum absolute atomic E-state index is 0.00467. The molecular formula is C30H34N4O4S. The molecule has 0 saturated heterocycles. The fourth-order valence-electron chi connectivity index (χ4n) is 4.80. The number of carbonyl (C=O) groups is 2. The minimum Gasteiger partial charge on any atom is -0.493 e. The number of aldehydes is 1. The molecule has 0 bridgehead atoms. The molecule has 0 aliphatic carbocycles. The van der Waals surface area contributed by atoms with Crippen LogP contribution in [-0.2, 0) is 17.9 Å². The monoisotopic (exact) mass is 546 g/mol. The SMILES string of the molecule is CNc1ccc(SN)cc1[C@@H]1CCN(Cc2ccc(C(=O)NCc3ccc(OC)c(OC)c3)cc2)C=C1C=O. The van der Waals surface area contributed by atoms with Crippen molar-refractivity contribution in [1.82, 2.24) is 10.2 Å². The molecule has 4 rings (SSSR count). The molecule has 9 heteroatoms. The van der Waals surface area contributed by atoms with Crippen LogP contribution in [0.25, 0.3) is 0 Å². The maximum atomic E-state index is 12.7. The largest absolute Gasteiger partial charge is 0.493 e. The third-order valence-electron chi connectivity index (χ3n) is 6.88. The van der Waals surface area contributed by atoms with Gasteiger partial charge >= 0.3 is 0 Å². The molecule has 0 aromatic heterocycles. The number of nitrogens with two attached hydrogens (primary N) is 1. The summed E-state index contributed by atoms with van der Waals surface area (Å²) in [6.45, 7) is 1.82. The average molecular weight is 547 g/mol. The number of rotatable bonds is 11. The van der Waals surface area contributed by atoms with Gasteiger partial charge in [-0.05, 0) is 77.5 Å². The van der Waals surface area contributed by atoms with E-state index in [0.29, 0.717) is 30.2 Å². The lowest BCUT2D eigenvalue weighted by atomic mass is 9.86. The van der Waals surface area contributed by atoms with E-state index in [4.69, 9.17) is 14.6 Å². The first-order valence-electron chi connectivity index (χ1n) is 12.7. The van der Waals surface area contributed by atoms with Crippen molar-refractivity contribution < 1.29 is 19.1 Å². The Hall–Kier alpha value is -3.95. The first kappa shape index (κ1) is 28.1. The van der Waals surface area contributed by atoms with Crippen LogP contribution < -0.4 is 25.2 Å². The van der Waals surface area contributed by atoms with Crippen molar-refractivity contribution in [3.05, 3.63) is 94.7 Å². The summed E-state index contributed by atoms with van der Waals surface area (Å²) in [5.41, 5.74) is 5.37. The zero-order chi connectivity index (χ0) is 27.8. The molecule has 8 nitrogen and oxygen atoms in total. The third-order valence-corrected chi connectivity index (χ3v) is 7.41. The molecule has 1 aliphatic heterocycles. The molecule has 0 saturated carbocycles. The summed E-state index contributed by atoms with van der Waals surface area (Å²) in [6, 6.07) is 19.1. The number of hydrogen-bond acceptors (Lipinski definition) is 8. The topological polar surface area (TPSA) is 106 Å². The zero-order valence-electron chi connectivity index (χ0n) is 22.4. The number of ether oxygens (including phenoxy) is 2. The summed E-state index contributed by atoms with van der Waals surface area (Å²) < 4.78 is 10.6. The molecule has 1 heterocycles. The number of nitrogens with one attached hydrogen (secondary N) is 2. The van der Waals surface area contributed by atoms with Gasteiger partial charge in [0.1, 0.15) is 6.29 Å². The van der Waals surface area contributed by atoms with Crippen LogP contribution in [0.4, 0.5) is 5.69 Å². The lowest BCUT2D eigenvalue weighted by Gasteiger charge is -2.32. The normalized spacial score (nSPS) is 14.8. The van der Waals surface area contributed by atoms with Gasteiger partial charge in [0.05, 0.1) is 14.2 Å². The van der Waals surface area contributed by atoms with E-state index in [9.17, 15) is 9.59 Å². The second-order valence-corrected chi connectivity index (χ2v) is 9.95. The summed E-state index contributed by atoms with van der Waals surface area (Å²) in [5, 5.41) is 12.0. The van der Waals surface area contributed by atoms with Gasteiger partial charge in [0.15, 0.2) is 11.5 Å². The van der Waals surface area contributed by atoms with E-state index < -0.39 is 0 Å². The van der Waals surface area contributed by atoms with Gasteiger partial charge in [0, 0.05) is 60.5 Å². The van der Waals surface area contributed by atoms with Crippen LogP contribution in [0, 0.1) is 0 Å². The van der Waals surface area contributed by atoms with Crippen molar-refractivity contribution in [2.75, 3.05) is 33.1 Å². The fourth-order valence-corrected chi connectivity index (χ4v) is 5.14. The molecular weight excluding hydrogens is 512 g/mol. The molecule has 4 N–H and O–H groups in total. The Labute approximate surface area is 233 Å². The van der Waals surface area contributed by atoms with Crippen LogP contribution in [0.2, 0.25) is 0 Å². The van der Waals surface area contributed by atoms with E-state index in [2.05, 4.69) is 21.6 Å². The van der Waals surface area contributed by atoms with Gasteiger partial charge in [0.2, 0.25) is 0 Å². The van der Waals surface area contributed by atoms with Crippen molar-refractivity contribution in [3.8, 4) is 11.5 Å². The van der Waals surface area contributed by atoms with Gasteiger partial charge in [-0.15, -0.1) is 0 Å². The fraction of sp³-hybridized carbons (Fsp3) is 0.267. The number of allylic oxidation sites excluding steroid dienone is 1. The van der Waals surface area contributed by atoms with Crippen LogP contribution in [-0.4, -0.2) is 44.9 Å². The smallest absolute Gasteiger partial charge is 0.251 e. The quantitative estimate of drug-likeness (QED) is 0.235. The van der Waals surface area contributed by atoms with Crippen molar-refractivity contribution in [2.45, 2.75) is 30.3 Å². The first-order valence-corrected chi connectivity index (χ1v) is 13.5. The third kappa shape index (κ3) is 6.74. The van der Waals surface area contributed by atoms with E-state index in [0.717, 1.165) is 52.1 Å². The Balaban J connectivity index is 1.39. The predicted molar refractivity (Wildman–Crippen MR) is 155 cm³/mol. The van der Waals surface area contributed by atoms with Gasteiger partial charge in [-0.2, -0.15) is 0 Å². The van der Waals surface area contributed by atoms with Gasteiger partial charge in [0.25, 0.3) is 5.91 Å². The van der Waals surface area contributed by atoms with Crippen molar-refractivity contribution in [2.24, 2.45) is 5.14 Å². The second-order valence-electron chi connectivity index (χ2n) is 9.24. The molecule has 39 heavy (non-hydrogen) atoms. The van der Waals surface area contributed by atoms with E-state index in [1.165, 1.54) is 11.9 Å². The molecule has 0 unspecified atom stereocenters. The average Bonchev–Trinajstić information content (AvgIpc) is 2.99. The van der Waals surface area contributed by atoms with Crippen molar-refractivity contribution in [1.29, 1.82) is 0 Å². The zero-order valence-corrected chi connectivity index (χ0v) is 23.2. The number of anilines is 1. The maximum Gasteiger partial charge on any atom is 0.251 e. The Kier molecular flexibility index (Phi) is 9.51. The summed E-state index contributed by atoms with van der Waals surface area (Å²) in [6.07, 6.45) is 3.71. The summed E-state index contributed by atoms with van der Waals surface area (Å²) in [5.74, 6) is 1.11. The summed E-state index contributed by atoms with van der Waals surface area (Å²) in [4.78, 5) is 27.9. The van der Waals surface area contributed by atoms with Gasteiger partial charge in [-0.25, -0.2) is 0 Å². The number of methoxy groups -OCH3 is 2. The summed E-state index contributed by atoms with van der Waals surface area (Å²) in [7, 11) is 5.05. The van der Waals surface area contributed by atoms with Gasteiger partial charge in [-0.1, -0.05) is 18.2 Å². The van der Waals surface area contributed by atoms with Crippen molar-refractivity contribution in [3.63, 3.8) is 0 Å². The standard InChI is InChI=1S/C30H34N4O4S/c1-32-27-10-9-24(39-31)15-26(27)25-12-13-34(18-23(25)19-35)17-20-4-7-22(8-5-20)30(36)33-16-21-6-11-28(37-2)29(14-21)38-3/h4-11,14-15,18-19,25,32H,12-13,16-17,31H2,1-3H3,(H,33,36)/t25-/m1/s1. The van der Waals surface area contributed by atoms with Crippen LogP contribution in [0.3, 0.4) is 0 Å². The molecule has 3 aromatic carbocycles. The van der Waals surface area contributed by atoms with Crippen LogP contribution in [0.1, 0.15) is 39.4 Å². The summed E-state index contributed by atoms with van der Waals surface area (Å²) >= 11 is 1.20. The van der Waals surface area contributed by atoms with Gasteiger partial charge < -0.3 is 25.0 Å². The molecule has 3 aromatic rings.